The van der Waals surface area contributed by atoms with E-state index in [9.17, 15) is 4.57 Å². The molecule has 0 saturated carbocycles. The van der Waals surface area contributed by atoms with Crippen molar-refractivity contribution in [3.05, 3.63) is 18.7 Å². The van der Waals surface area contributed by atoms with Crippen LogP contribution in [0.1, 0.15) is 20.8 Å². The molecule has 0 saturated heterocycles. The van der Waals surface area contributed by atoms with Gasteiger partial charge in [-0.3, -0.25) is 4.57 Å². The Morgan fingerprint density at radius 1 is 1.25 bits per heavy atom. The number of aryl methyl sites for hydroxylation is 2. The second-order valence-electron chi connectivity index (χ2n) is 3.03. The Morgan fingerprint density at radius 3 is 2.06 bits per heavy atom. The van der Waals surface area contributed by atoms with Crippen LogP contribution in [0.25, 0.3) is 0 Å². The van der Waals surface area contributed by atoms with Crippen LogP contribution in [-0.2, 0) is 27.2 Å². The van der Waals surface area contributed by atoms with Crippen LogP contribution in [0.5, 0.6) is 0 Å². The van der Waals surface area contributed by atoms with Gasteiger partial charge in [0.05, 0.1) is 26.8 Å². The highest BCUT2D eigenvalue weighted by atomic mass is 31.1. The molecule has 1 rings (SSSR count). The summed E-state index contributed by atoms with van der Waals surface area (Å²) < 4.78 is 23.8. The van der Waals surface area contributed by atoms with Gasteiger partial charge in [-0.05, 0) is 20.8 Å². The molecular weight excluding hydrogens is 227 g/mol. The van der Waals surface area contributed by atoms with Crippen LogP contribution in [0.2, 0.25) is 0 Å². The summed E-state index contributed by atoms with van der Waals surface area (Å²) >= 11 is 0. The summed E-state index contributed by atoms with van der Waals surface area (Å²) in [5, 5.41) is 0. The summed E-state index contributed by atoms with van der Waals surface area (Å²) in [5.74, 6) is 0. The van der Waals surface area contributed by atoms with Crippen LogP contribution in [0.4, 0.5) is 0 Å². The lowest BCUT2D eigenvalue weighted by Gasteiger charge is -1.97. The number of rotatable bonds is 5. The highest BCUT2D eigenvalue weighted by Gasteiger charge is 1.92. The van der Waals surface area contributed by atoms with Crippen LogP contribution in [0.3, 0.4) is 0 Å². The van der Waals surface area contributed by atoms with Crippen molar-refractivity contribution in [1.29, 1.82) is 0 Å². The third kappa shape index (κ3) is 7.63. The molecule has 0 spiro atoms. The van der Waals surface area contributed by atoms with E-state index < -0.39 is 8.25 Å². The lowest BCUT2D eigenvalue weighted by atomic mass is 10.7. The molecule has 0 bridgehead atoms. The molecule has 94 valence electrons. The molecule has 5 nitrogen and oxygen atoms in total. The van der Waals surface area contributed by atoms with E-state index in [1.165, 1.54) is 0 Å². The molecule has 0 fully saturated rings. The fourth-order valence-electron chi connectivity index (χ4n) is 0.966. The third-order valence-electron chi connectivity index (χ3n) is 1.71. The zero-order valence-electron chi connectivity index (χ0n) is 10.5. The summed E-state index contributed by atoms with van der Waals surface area (Å²) in [5.41, 5.74) is 0. The molecule has 0 aliphatic heterocycles. The average Bonchev–Trinajstić information content (AvgIpc) is 2.66. The maximum Gasteiger partial charge on any atom is 0.319 e. The summed E-state index contributed by atoms with van der Waals surface area (Å²) in [6, 6.07) is 0. The van der Waals surface area contributed by atoms with Gasteiger partial charge in [0, 0.05) is 0 Å². The Kier molecular flexibility index (Phi) is 9.19. The van der Waals surface area contributed by atoms with Gasteiger partial charge in [0.1, 0.15) is 12.4 Å². The molecular formula is C10H22N2O3P+. The first-order chi connectivity index (χ1) is 7.63. The van der Waals surface area contributed by atoms with E-state index in [2.05, 4.69) is 33.1 Å². The highest BCUT2D eigenvalue weighted by molar-refractivity contribution is 7.33. The number of hydrogen-bond donors (Lipinski definition) is 0. The lowest BCUT2D eigenvalue weighted by molar-refractivity contribution is -0.671. The predicted octanol–water partition coefficient (Wildman–Crippen LogP) is 1.78. The smallest absolute Gasteiger partial charge is 0.311 e. The van der Waals surface area contributed by atoms with E-state index in [1.54, 1.807) is 13.8 Å². The van der Waals surface area contributed by atoms with Crippen molar-refractivity contribution in [3.63, 3.8) is 0 Å². The van der Waals surface area contributed by atoms with Gasteiger partial charge in [-0.2, -0.15) is 0 Å². The van der Waals surface area contributed by atoms with Crippen molar-refractivity contribution in [2.45, 2.75) is 27.3 Å². The molecule has 16 heavy (non-hydrogen) atoms. The quantitative estimate of drug-likeness (QED) is 0.590. The van der Waals surface area contributed by atoms with E-state index in [0.29, 0.717) is 13.2 Å². The minimum atomic E-state index is -2.14. The summed E-state index contributed by atoms with van der Waals surface area (Å²) in [4.78, 5) is 0. The Labute approximate surface area is 97.9 Å². The SMILES string of the molecule is CCO[PH](=O)OCC.CCn1cc[n+](C)c1. The predicted molar refractivity (Wildman–Crippen MR) is 63.5 cm³/mol. The van der Waals surface area contributed by atoms with Crippen molar-refractivity contribution < 1.29 is 18.2 Å². The van der Waals surface area contributed by atoms with Crippen LogP contribution in [0.15, 0.2) is 18.7 Å². The van der Waals surface area contributed by atoms with E-state index in [4.69, 9.17) is 0 Å². The Balaban J connectivity index is 0.000000281. The standard InChI is InChI=1S/C6H11N2.C4H11O3P/c1-3-8-5-4-7(2)6-8;1-3-6-8(5)7-4-2/h4-6H,3H2,1-2H3;8H,3-4H2,1-2H3/q+1;. The number of nitrogens with zero attached hydrogens (tertiary/aromatic N) is 2. The van der Waals surface area contributed by atoms with E-state index >= 15 is 0 Å². The van der Waals surface area contributed by atoms with Crippen molar-refractivity contribution in [3.8, 4) is 0 Å². The average molecular weight is 249 g/mol. The molecule has 0 radical (unpaired) electrons. The first-order valence-electron chi connectivity index (χ1n) is 5.44. The molecule has 0 amide bonds. The number of hydrogen-bond acceptors (Lipinski definition) is 3. The van der Waals surface area contributed by atoms with Crippen LogP contribution in [0, 0.1) is 0 Å². The second-order valence-corrected chi connectivity index (χ2v) is 4.10. The van der Waals surface area contributed by atoms with E-state index in [-0.39, 0.29) is 0 Å². The van der Waals surface area contributed by atoms with E-state index in [0.717, 1.165) is 6.54 Å². The highest BCUT2D eigenvalue weighted by Crippen LogP contribution is 2.21. The van der Waals surface area contributed by atoms with Gasteiger partial charge in [-0.15, -0.1) is 0 Å². The van der Waals surface area contributed by atoms with Crippen molar-refractivity contribution in [2.75, 3.05) is 13.2 Å². The molecule has 0 atom stereocenters. The number of imidazole rings is 1. The van der Waals surface area contributed by atoms with Gasteiger partial charge < -0.3 is 9.05 Å². The largest absolute Gasteiger partial charge is 0.319 e. The maximum atomic E-state index is 10.4. The molecule has 0 N–H and O–H groups in total. The Bertz CT molecular complexity index is 294. The first kappa shape index (κ1) is 15.4. The minimum Gasteiger partial charge on any atom is -0.311 e. The van der Waals surface area contributed by atoms with Crippen molar-refractivity contribution >= 4 is 8.25 Å². The fraction of sp³-hybridized carbons (Fsp3) is 0.700. The molecule has 1 aromatic rings. The molecule has 6 heteroatoms. The molecule has 1 aromatic heterocycles. The normalized spacial score (nSPS) is 10.1. The lowest BCUT2D eigenvalue weighted by Crippen LogP contribution is -2.23. The second kappa shape index (κ2) is 9.58. The fourth-order valence-corrected chi connectivity index (χ4v) is 1.52. The van der Waals surface area contributed by atoms with Crippen molar-refractivity contribution in [2.24, 2.45) is 7.05 Å². The van der Waals surface area contributed by atoms with Crippen LogP contribution >= 0.6 is 8.25 Å². The number of aromatic nitrogens is 2. The Morgan fingerprint density at radius 2 is 1.81 bits per heavy atom. The Hall–Kier alpha value is -0.640. The van der Waals surface area contributed by atoms with Gasteiger partial charge in [0.25, 0.3) is 0 Å². The summed E-state index contributed by atoms with van der Waals surface area (Å²) in [6.07, 6.45) is 6.14. The zero-order chi connectivity index (χ0) is 12.4. The van der Waals surface area contributed by atoms with Gasteiger partial charge in [0.2, 0.25) is 6.33 Å². The summed E-state index contributed by atoms with van der Waals surface area (Å²) in [7, 11) is -0.121. The topological polar surface area (TPSA) is 44.3 Å². The molecule has 0 aliphatic rings. The van der Waals surface area contributed by atoms with Crippen molar-refractivity contribution in [1.82, 2.24) is 4.57 Å². The zero-order valence-corrected chi connectivity index (χ0v) is 11.5. The summed E-state index contributed by atoms with van der Waals surface area (Å²) in [6.45, 7) is 7.65. The molecule has 1 heterocycles. The molecule has 0 aliphatic carbocycles. The van der Waals surface area contributed by atoms with Gasteiger partial charge in [-0.25, -0.2) is 9.13 Å². The van der Waals surface area contributed by atoms with Gasteiger partial charge in [0.15, 0.2) is 0 Å². The van der Waals surface area contributed by atoms with Crippen LogP contribution < -0.4 is 4.57 Å². The minimum absolute atomic E-state index is 0.456. The van der Waals surface area contributed by atoms with Gasteiger partial charge in [-0.1, -0.05) is 0 Å². The first-order valence-corrected chi connectivity index (χ1v) is 6.67. The molecule has 0 unspecified atom stereocenters. The van der Waals surface area contributed by atoms with Gasteiger partial charge >= 0.3 is 8.25 Å². The molecule has 0 aromatic carbocycles. The maximum absolute atomic E-state index is 10.4. The third-order valence-corrected chi connectivity index (χ3v) is 2.76. The van der Waals surface area contributed by atoms with E-state index in [1.807, 2.05) is 17.8 Å². The van der Waals surface area contributed by atoms with Crippen LogP contribution in [-0.4, -0.2) is 17.8 Å². The monoisotopic (exact) mass is 249 g/mol.